The Morgan fingerprint density at radius 3 is 2.77 bits per heavy atom. The van der Waals surface area contributed by atoms with Gasteiger partial charge in [-0.3, -0.25) is 4.79 Å². The summed E-state index contributed by atoms with van der Waals surface area (Å²) in [4.78, 5) is 12.6. The summed E-state index contributed by atoms with van der Waals surface area (Å²) < 4.78 is 1.86. The average Bonchev–Trinajstić information content (AvgIpc) is 3.18. The average molecular weight is 355 g/mol. The smallest absolute Gasteiger partial charge is 0.273 e. The second-order valence-electron chi connectivity index (χ2n) is 7.05. The van der Waals surface area contributed by atoms with E-state index in [4.69, 9.17) is 0 Å². The molecule has 0 aliphatic carbocycles. The number of carbonyl (C=O) groups excluding carboxylic acids is 1. The van der Waals surface area contributed by atoms with Gasteiger partial charge in [0.05, 0.1) is 12.2 Å². The number of hydrogen-bond acceptors (Lipinski definition) is 4. The molecule has 0 spiro atoms. The molecular weight excluding hydrogens is 326 g/mol. The topological polar surface area (TPSA) is 71.8 Å². The van der Waals surface area contributed by atoms with Gasteiger partial charge < -0.3 is 10.6 Å². The standard InChI is InChI=1S/C20H29N5O/c1-2-6-17(10-9-16-7-4-3-5-8-16)22-20(26)19-15-25(24-23-19)18-11-13-21-14-12-18/h3-5,7-8,15,17-18,21H,2,6,9-14H2,1H3,(H,22,26). The van der Waals surface area contributed by atoms with Gasteiger partial charge in [0.15, 0.2) is 5.69 Å². The Hall–Kier alpha value is -2.21. The van der Waals surface area contributed by atoms with E-state index in [1.807, 2.05) is 10.7 Å². The lowest BCUT2D eigenvalue weighted by atomic mass is 10.0. The number of aryl methyl sites for hydroxylation is 1. The van der Waals surface area contributed by atoms with E-state index in [1.54, 1.807) is 6.20 Å². The first-order chi connectivity index (χ1) is 12.8. The Balaban J connectivity index is 1.56. The number of hydrogen-bond donors (Lipinski definition) is 2. The molecule has 1 unspecified atom stereocenters. The van der Waals surface area contributed by atoms with E-state index in [-0.39, 0.29) is 11.9 Å². The van der Waals surface area contributed by atoms with Crippen LogP contribution >= 0.6 is 0 Å². The summed E-state index contributed by atoms with van der Waals surface area (Å²) in [5.41, 5.74) is 1.73. The number of benzene rings is 1. The van der Waals surface area contributed by atoms with Gasteiger partial charge in [0.25, 0.3) is 5.91 Å². The van der Waals surface area contributed by atoms with E-state index >= 15 is 0 Å². The fourth-order valence-electron chi connectivity index (χ4n) is 3.51. The third kappa shape index (κ3) is 5.14. The number of piperidine rings is 1. The van der Waals surface area contributed by atoms with Crippen LogP contribution in [0.25, 0.3) is 0 Å². The highest BCUT2D eigenvalue weighted by Crippen LogP contribution is 2.17. The highest BCUT2D eigenvalue weighted by Gasteiger charge is 2.20. The van der Waals surface area contributed by atoms with Gasteiger partial charge in [0.2, 0.25) is 0 Å². The third-order valence-corrected chi connectivity index (χ3v) is 5.02. The van der Waals surface area contributed by atoms with Crippen molar-refractivity contribution in [3.8, 4) is 0 Å². The zero-order chi connectivity index (χ0) is 18.2. The molecule has 1 saturated heterocycles. The van der Waals surface area contributed by atoms with E-state index in [0.29, 0.717) is 11.7 Å². The monoisotopic (exact) mass is 355 g/mol. The van der Waals surface area contributed by atoms with Crippen LogP contribution in [-0.2, 0) is 6.42 Å². The van der Waals surface area contributed by atoms with Crippen molar-refractivity contribution >= 4 is 5.91 Å². The van der Waals surface area contributed by atoms with Gasteiger partial charge in [-0.25, -0.2) is 4.68 Å². The number of carbonyl (C=O) groups is 1. The normalized spacial score (nSPS) is 16.3. The van der Waals surface area contributed by atoms with E-state index in [1.165, 1.54) is 5.56 Å². The van der Waals surface area contributed by atoms with Crippen molar-refractivity contribution in [1.29, 1.82) is 0 Å². The predicted molar refractivity (Wildman–Crippen MR) is 102 cm³/mol. The van der Waals surface area contributed by atoms with Crippen LogP contribution in [0.3, 0.4) is 0 Å². The molecule has 1 aliphatic rings. The van der Waals surface area contributed by atoms with E-state index < -0.39 is 0 Å². The quantitative estimate of drug-likeness (QED) is 0.764. The van der Waals surface area contributed by atoms with Crippen molar-refractivity contribution in [1.82, 2.24) is 25.6 Å². The lowest BCUT2D eigenvalue weighted by Crippen LogP contribution is -2.35. The Morgan fingerprint density at radius 1 is 1.27 bits per heavy atom. The third-order valence-electron chi connectivity index (χ3n) is 5.02. The molecule has 1 aromatic heterocycles. The highest BCUT2D eigenvalue weighted by molar-refractivity contribution is 5.92. The molecule has 2 N–H and O–H groups in total. The fourth-order valence-corrected chi connectivity index (χ4v) is 3.51. The Labute approximate surface area is 155 Å². The SMILES string of the molecule is CCCC(CCc1ccccc1)NC(=O)c1cn(C2CCNCC2)nn1. The molecule has 6 nitrogen and oxygen atoms in total. The summed E-state index contributed by atoms with van der Waals surface area (Å²) in [5.74, 6) is -0.114. The zero-order valence-electron chi connectivity index (χ0n) is 15.5. The summed E-state index contributed by atoms with van der Waals surface area (Å²) in [5, 5.41) is 14.8. The molecule has 0 bridgehead atoms. The van der Waals surface area contributed by atoms with Crippen LogP contribution in [0.5, 0.6) is 0 Å². The number of aromatic nitrogens is 3. The summed E-state index contributed by atoms with van der Waals surface area (Å²) >= 11 is 0. The van der Waals surface area contributed by atoms with Crippen LogP contribution in [0.4, 0.5) is 0 Å². The number of nitrogens with one attached hydrogen (secondary N) is 2. The molecule has 2 aromatic rings. The molecule has 1 fully saturated rings. The van der Waals surface area contributed by atoms with Crippen LogP contribution in [0.15, 0.2) is 36.5 Å². The molecule has 1 aromatic carbocycles. The highest BCUT2D eigenvalue weighted by atomic mass is 16.2. The van der Waals surface area contributed by atoms with Crippen molar-refractivity contribution in [3.05, 3.63) is 47.8 Å². The van der Waals surface area contributed by atoms with Crippen molar-refractivity contribution in [2.45, 2.75) is 57.5 Å². The molecule has 1 atom stereocenters. The molecule has 1 amide bonds. The second-order valence-corrected chi connectivity index (χ2v) is 7.05. The molecular formula is C20H29N5O. The minimum Gasteiger partial charge on any atom is -0.348 e. The van der Waals surface area contributed by atoms with Gasteiger partial charge in [-0.15, -0.1) is 5.10 Å². The number of amides is 1. The molecule has 2 heterocycles. The van der Waals surface area contributed by atoms with Crippen molar-refractivity contribution in [2.75, 3.05) is 13.1 Å². The van der Waals surface area contributed by atoms with E-state index in [0.717, 1.165) is 51.6 Å². The first-order valence-electron chi connectivity index (χ1n) is 9.73. The summed E-state index contributed by atoms with van der Waals surface area (Å²) in [6.07, 6.45) is 7.77. The van der Waals surface area contributed by atoms with Crippen LogP contribution in [0.1, 0.15) is 61.1 Å². The Kier molecular flexibility index (Phi) is 6.77. The van der Waals surface area contributed by atoms with Gasteiger partial charge in [-0.05, 0) is 50.8 Å². The predicted octanol–water partition coefficient (Wildman–Crippen LogP) is 2.73. The van der Waals surface area contributed by atoms with Gasteiger partial charge in [0, 0.05) is 6.04 Å². The summed E-state index contributed by atoms with van der Waals surface area (Å²) in [6.45, 7) is 4.13. The molecule has 140 valence electrons. The first-order valence-corrected chi connectivity index (χ1v) is 9.73. The van der Waals surface area contributed by atoms with Gasteiger partial charge in [-0.1, -0.05) is 48.9 Å². The largest absolute Gasteiger partial charge is 0.348 e. The maximum Gasteiger partial charge on any atom is 0.273 e. The Bertz CT molecular complexity index is 679. The number of rotatable bonds is 8. The molecule has 26 heavy (non-hydrogen) atoms. The van der Waals surface area contributed by atoms with Crippen molar-refractivity contribution in [3.63, 3.8) is 0 Å². The minimum absolute atomic E-state index is 0.114. The van der Waals surface area contributed by atoms with Crippen molar-refractivity contribution in [2.24, 2.45) is 0 Å². The summed E-state index contributed by atoms with van der Waals surface area (Å²) in [6, 6.07) is 10.9. The maximum atomic E-state index is 12.6. The first kappa shape index (κ1) is 18.6. The zero-order valence-corrected chi connectivity index (χ0v) is 15.5. The molecule has 6 heteroatoms. The second kappa shape index (κ2) is 9.48. The van der Waals surface area contributed by atoms with Crippen LogP contribution in [0, 0.1) is 0 Å². The van der Waals surface area contributed by atoms with E-state index in [2.05, 4.69) is 52.1 Å². The maximum absolute atomic E-state index is 12.6. The molecule has 0 saturated carbocycles. The number of nitrogens with zero attached hydrogens (tertiary/aromatic N) is 3. The minimum atomic E-state index is -0.114. The lowest BCUT2D eigenvalue weighted by Gasteiger charge is -2.22. The lowest BCUT2D eigenvalue weighted by molar-refractivity contribution is 0.0927. The fraction of sp³-hybridized carbons (Fsp3) is 0.550. The van der Waals surface area contributed by atoms with Crippen LogP contribution in [-0.4, -0.2) is 40.0 Å². The van der Waals surface area contributed by atoms with E-state index in [9.17, 15) is 4.79 Å². The molecule has 3 rings (SSSR count). The van der Waals surface area contributed by atoms with Gasteiger partial charge in [-0.2, -0.15) is 0 Å². The van der Waals surface area contributed by atoms with Crippen LogP contribution < -0.4 is 10.6 Å². The Morgan fingerprint density at radius 2 is 2.04 bits per heavy atom. The van der Waals surface area contributed by atoms with Gasteiger partial charge in [0.1, 0.15) is 0 Å². The molecule has 1 aliphatic heterocycles. The summed E-state index contributed by atoms with van der Waals surface area (Å²) in [7, 11) is 0. The van der Waals surface area contributed by atoms with Crippen LogP contribution in [0.2, 0.25) is 0 Å². The van der Waals surface area contributed by atoms with Gasteiger partial charge >= 0.3 is 0 Å². The molecule has 0 radical (unpaired) electrons. The van der Waals surface area contributed by atoms with Crippen molar-refractivity contribution < 1.29 is 4.79 Å².